The highest BCUT2D eigenvalue weighted by Crippen LogP contribution is 2.36. The fourth-order valence-corrected chi connectivity index (χ4v) is 2.26. The van der Waals surface area contributed by atoms with E-state index in [2.05, 4.69) is 4.98 Å². The summed E-state index contributed by atoms with van der Waals surface area (Å²) in [6, 6.07) is -0.569. The third kappa shape index (κ3) is 2.11. The molecule has 2 N–H and O–H groups in total. The van der Waals surface area contributed by atoms with Gasteiger partial charge in [0, 0.05) is 6.20 Å². The van der Waals surface area contributed by atoms with Crippen LogP contribution in [0.15, 0.2) is 18.5 Å². The van der Waals surface area contributed by atoms with Crippen LogP contribution in [-0.2, 0) is 4.79 Å². The summed E-state index contributed by atoms with van der Waals surface area (Å²) < 4.78 is 13.1. The Morgan fingerprint density at radius 3 is 2.61 bits per heavy atom. The molecule has 2 rings (SSSR count). The normalized spacial score (nSPS) is 23.1. The maximum Gasteiger partial charge on any atom is 0.408 e. The van der Waals surface area contributed by atoms with Crippen molar-refractivity contribution in [2.75, 3.05) is 0 Å². The largest absolute Gasteiger partial charge is 0.480 e. The molecule has 1 aromatic rings. The SMILES string of the molecule is O=C(O)[C@@H]1CC[C@H](c2cncc(F)c2)N1C(=O)O. The molecule has 7 heteroatoms. The number of likely N-dealkylation sites (tertiary alicyclic amines) is 1. The molecule has 0 radical (unpaired) electrons. The van der Waals surface area contributed by atoms with Gasteiger partial charge in [0.1, 0.15) is 11.9 Å². The third-order valence-electron chi connectivity index (χ3n) is 3.00. The van der Waals surface area contributed by atoms with Crippen LogP contribution >= 0.6 is 0 Å². The number of carboxylic acid groups (broad SMARTS) is 2. The van der Waals surface area contributed by atoms with E-state index in [0.29, 0.717) is 12.0 Å². The fourth-order valence-electron chi connectivity index (χ4n) is 2.26. The van der Waals surface area contributed by atoms with Gasteiger partial charge in [0.15, 0.2) is 0 Å². The van der Waals surface area contributed by atoms with Crippen molar-refractivity contribution in [3.05, 3.63) is 29.8 Å². The molecular formula is C11H11FN2O4. The van der Waals surface area contributed by atoms with Crippen molar-refractivity contribution < 1.29 is 24.2 Å². The number of carboxylic acids is 1. The van der Waals surface area contributed by atoms with Crippen molar-refractivity contribution in [3.63, 3.8) is 0 Å². The summed E-state index contributed by atoms with van der Waals surface area (Å²) in [5, 5.41) is 18.0. The minimum atomic E-state index is -1.32. The Balaban J connectivity index is 2.33. The number of aromatic nitrogens is 1. The minimum absolute atomic E-state index is 0.211. The number of aliphatic carboxylic acids is 1. The van der Waals surface area contributed by atoms with Crippen molar-refractivity contribution in [2.24, 2.45) is 0 Å². The van der Waals surface area contributed by atoms with Gasteiger partial charge in [0.05, 0.1) is 12.2 Å². The number of amides is 1. The molecule has 0 bridgehead atoms. The van der Waals surface area contributed by atoms with E-state index in [1.165, 1.54) is 12.3 Å². The van der Waals surface area contributed by atoms with Gasteiger partial charge in [-0.05, 0) is 24.5 Å². The number of hydrogen-bond acceptors (Lipinski definition) is 3. The number of carbonyl (C=O) groups is 2. The van der Waals surface area contributed by atoms with Gasteiger partial charge >= 0.3 is 12.1 Å². The van der Waals surface area contributed by atoms with Crippen LogP contribution in [0.2, 0.25) is 0 Å². The summed E-state index contributed by atoms with van der Waals surface area (Å²) in [6.45, 7) is 0. The number of nitrogens with zero attached hydrogens (tertiary/aromatic N) is 2. The topological polar surface area (TPSA) is 90.7 Å². The molecule has 1 amide bonds. The van der Waals surface area contributed by atoms with Crippen molar-refractivity contribution in [1.82, 2.24) is 9.88 Å². The van der Waals surface area contributed by atoms with Gasteiger partial charge in [-0.2, -0.15) is 0 Å². The van der Waals surface area contributed by atoms with Crippen molar-refractivity contribution in [3.8, 4) is 0 Å². The fraction of sp³-hybridized carbons (Fsp3) is 0.364. The lowest BCUT2D eigenvalue weighted by Gasteiger charge is -2.25. The maximum absolute atomic E-state index is 13.1. The van der Waals surface area contributed by atoms with Gasteiger partial charge in [-0.25, -0.2) is 14.0 Å². The summed E-state index contributed by atoms with van der Waals surface area (Å²) >= 11 is 0. The van der Waals surface area contributed by atoms with Crippen LogP contribution in [0.1, 0.15) is 24.4 Å². The highest BCUT2D eigenvalue weighted by Gasteiger charge is 2.42. The molecule has 18 heavy (non-hydrogen) atoms. The molecule has 1 aliphatic rings. The second-order valence-corrected chi connectivity index (χ2v) is 4.07. The van der Waals surface area contributed by atoms with Crippen molar-refractivity contribution in [1.29, 1.82) is 0 Å². The highest BCUT2D eigenvalue weighted by molar-refractivity contribution is 5.80. The average Bonchev–Trinajstić information content (AvgIpc) is 2.73. The second kappa shape index (κ2) is 4.59. The van der Waals surface area contributed by atoms with Crippen LogP contribution < -0.4 is 0 Å². The smallest absolute Gasteiger partial charge is 0.408 e. The van der Waals surface area contributed by atoms with E-state index in [9.17, 15) is 14.0 Å². The van der Waals surface area contributed by atoms with E-state index >= 15 is 0 Å². The van der Waals surface area contributed by atoms with E-state index in [4.69, 9.17) is 10.2 Å². The first-order chi connectivity index (χ1) is 8.50. The summed E-state index contributed by atoms with van der Waals surface area (Å²) in [4.78, 5) is 26.6. The summed E-state index contributed by atoms with van der Waals surface area (Å²) in [6.07, 6.45) is 1.60. The van der Waals surface area contributed by atoms with Crippen LogP contribution in [0.3, 0.4) is 0 Å². The second-order valence-electron chi connectivity index (χ2n) is 4.07. The molecule has 96 valence electrons. The van der Waals surface area contributed by atoms with Crippen molar-refractivity contribution in [2.45, 2.75) is 24.9 Å². The number of rotatable bonds is 2. The molecule has 1 aromatic heterocycles. The first kappa shape index (κ1) is 12.3. The van der Waals surface area contributed by atoms with E-state index in [-0.39, 0.29) is 6.42 Å². The van der Waals surface area contributed by atoms with Crippen LogP contribution in [0.25, 0.3) is 0 Å². The number of halogens is 1. The van der Waals surface area contributed by atoms with Crippen molar-refractivity contribution >= 4 is 12.1 Å². The molecule has 6 nitrogen and oxygen atoms in total. The zero-order valence-electron chi connectivity index (χ0n) is 9.28. The van der Waals surface area contributed by atoms with Crippen LogP contribution in [0.4, 0.5) is 9.18 Å². The Bertz CT molecular complexity index is 494. The average molecular weight is 254 g/mol. The zero-order chi connectivity index (χ0) is 13.3. The molecule has 0 spiro atoms. The molecule has 1 aliphatic heterocycles. The number of hydrogen-bond donors (Lipinski definition) is 2. The van der Waals surface area contributed by atoms with Crippen LogP contribution in [0, 0.1) is 5.82 Å². The summed E-state index contributed by atoms with van der Waals surface area (Å²) in [7, 11) is 0. The predicted octanol–water partition coefficient (Wildman–Crippen LogP) is 1.49. The summed E-state index contributed by atoms with van der Waals surface area (Å²) in [5.74, 6) is -1.76. The van der Waals surface area contributed by atoms with E-state index < -0.39 is 30.0 Å². The lowest BCUT2D eigenvalue weighted by molar-refractivity contribution is -0.142. The zero-order valence-corrected chi connectivity index (χ0v) is 9.28. The Morgan fingerprint density at radius 2 is 2.06 bits per heavy atom. The van der Waals surface area contributed by atoms with E-state index in [1.807, 2.05) is 0 Å². The van der Waals surface area contributed by atoms with E-state index in [0.717, 1.165) is 11.1 Å². The molecule has 1 fully saturated rings. The van der Waals surface area contributed by atoms with Gasteiger partial charge in [0.25, 0.3) is 0 Å². The molecule has 0 unspecified atom stereocenters. The summed E-state index contributed by atoms with van der Waals surface area (Å²) in [5.41, 5.74) is 0.376. The Labute approximate surface area is 102 Å². The van der Waals surface area contributed by atoms with Crippen LogP contribution in [-0.4, -0.2) is 38.2 Å². The minimum Gasteiger partial charge on any atom is -0.480 e. The quantitative estimate of drug-likeness (QED) is 0.834. The van der Waals surface area contributed by atoms with Gasteiger partial charge in [-0.15, -0.1) is 0 Å². The molecule has 0 saturated carbocycles. The molecule has 0 aliphatic carbocycles. The number of pyridine rings is 1. The van der Waals surface area contributed by atoms with Gasteiger partial charge in [-0.1, -0.05) is 0 Å². The lowest BCUT2D eigenvalue weighted by Crippen LogP contribution is -2.40. The first-order valence-electron chi connectivity index (χ1n) is 5.35. The van der Waals surface area contributed by atoms with Gasteiger partial charge < -0.3 is 10.2 Å². The lowest BCUT2D eigenvalue weighted by atomic mass is 10.1. The Morgan fingerprint density at radius 1 is 1.33 bits per heavy atom. The molecule has 0 aromatic carbocycles. The van der Waals surface area contributed by atoms with Gasteiger partial charge in [-0.3, -0.25) is 9.88 Å². The monoisotopic (exact) mass is 254 g/mol. The Hall–Kier alpha value is -2.18. The standard InChI is InChI=1S/C11H11FN2O4/c12-7-3-6(4-13-5-7)8-1-2-9(10(15)16)14(8)11(17)18/h3-5,8-9H,1-2H2,(H,15,16)(H,17,18)/t8-,9+/m1/s1. The molecule has 2 heterocycles. The Kier molecular flexibility index (Phi) is 3.14. The predicted molar refractivity (Wildman–Crippen MR) is 57.5 cm³/mol. The maximum atomic E-state index is 13.1. The highest BCUT2D eigenvalue weighted by atomic mass is 19.1. The molecule has 2 atom stereocenters. The molecular weight excluding hydrogens is 243 g/mol. The third-order valence-corrected chi connectivity index (χ3v) is 3.00. The molecule has 1 saturated heterocycles. The van der Waals surface area contributed by atoms with Gasteiger partial charge in [0.2, 0.25) is 0 Å². The van der Waals surface area contributed by atoms with E-state index in [1.54, 1.807) is 0 Å². The first-order valence-corrected chi connectivity index (χ1v) is 5.35. The van der Waals surface area contributed by atoms with Crippen LogP contribution in [0.5, 0.6) is 0 Å².